The van der Waals surface area contributed by atoms with Gasteiger partial charge in [0.05, 0.1) is 6.10 Å². The van der Waals surface area contributed by atoms with Gasteiger partial charge in [-0.1, -0.05) is 33.6 Å². The molecule has 1 nitrogen and oxygen atoms in total. The van der Waals surface area contributed by atoms with E-state index in [2.05, 4.69) is 20.8 Å². The second-order valence-corrected chi connectivity index (χ2v) is 4.17. The normalized spacial score (nSPS) is 39.6. The lowest BCUT2D eigenvalue weighted by molar-refractivity contribution is -0.0229. The van der Waals surface area contributed by atoms with Crippen LogP contribution in [0.15, 0.2) is 0 Å². The standard InChI is InChI=1S/C9H18O/c1-7-5-4-6-8(10)9(7,2)3/h7-8,10H,4-6H2,1-3H3/t7?,8-/m0/s1. The minimum atomic E-state index is -0.0729. The average molecular weight is 142 g/mol. The fourth-order valence-electron chi connectivity index (χ4n) is 1.69. The van der Waals surface area contributed by atoms with E-state index in [1.165, 1.54) is 12.8 Å². The van der Waals surface area contributed by atoms with Crippen LogP contribution in [0.4, 0.5) is 0 Å². The highest BCUT2D eigenvalue weighted by Crippen LogP contribution is 2.40. The molecule has 0 radical (unpaired) electrons. The third-order valence-corrected chi connectivity index (χ3v) is 3.24. The van der Waals surface area contributed by atoms with Gasteiger partial charge in [-0.3, -0.25) is 0 Å². The molecular weight excluding hydrogens is 124 g/mol. The summed E-state index contributed by atoms with van der Waals surface area (Å²) in [5, 5.41) is 9.61. The van der Waals surface area contributed by atoms with Crippen molar-refractivity contribution in [2.45, 2.75) is 46.1 Å². The fraction of sp³-hybridized carbons (Fsp3) is 1.00. The lowest BCUT2D eigenvalue weighted by Crippen LogP contribution is -2.38. The van der Waals surface area contributed by atoms with Gasteiger partial charge >= 0.3 is 0 Å². The highest BCUT2D eigenvalue weighted by Gasteiger charge is 2.36. The summed E-state index contributed by atoms with van der Waals surface area (Å²) in [6.45, 7) is 6.57. The highest BCUT2D eigenvalue weighted by molar-refractivity contribution is 4.86. The van der Waals surface area contributed by atoms with E-state index >= 15 is 0 Å². The average Bonchev–Trinajstić information content (AvgIpc) is 1.84. The molecule has 1 aliphatic carbocycles. The maximum Gasteiger partial charge on any atom is 0.0593 e. The van der Waals surface area contributed by atoms with Crippen LogP contribution in [-0.4, -0.2) is 11.2 Å². The summed E-state index contributed by atoms with van der Waals surface area (Å²) in [6, 6.07) is 0. The third kappa shape index (κ3) is 1.20. The molecule has 0 amide bonds. The smallest absolute Gasteiger partial charge is 0.0593 e. The minimum absolute atomic E-state index is 0.0729. The van der Waals surface area contributed by atoms with Crippen LogP contribution in [0, 0.1) is 11.3 Å². The lowest BCUT2D eigenvalue weighted by Gasteiger charge is -2.40. The van der Waals surface area contributed by atoms with Gasteiger partial charge in [-0.25, -0.2) is 0 Å². The lowest BCUT2D eigenvalue weighted by atomic mass is 9.68. The molecule has 0 saturated heterocycles. The van der Waals surface area contributed by atoms with Gasteiger partial charge in [-0.05, 0) is 17.8 Å². The second kappa shape index (κ2) is 2.54. The first-order chi connectivity index (χ1) is 4.55. The predicted molar refractivity (Wildman–Crippen MR) is 42.8 cm³/mol. The zero-order chi connectivity index (χ0) is 7.78. The summed E-state index contributed by atoms with van der Waals surface area (Å²) in [4.78, 5) is 0. The van der Waals surface area contributed by atoms with Gasteiger partial charge < -0.3 is 5.11 Å². The third-order valence-electron chi connectivity index (χ3n) is 3.24. The van der Waals surface area contributed by atoms with Crippen molar-refractivity contribution in [3.63, 3.8) is 0 Å². The molecule has 0 aliphatic heterocycles. The quantitative estimate of drug-likeness (QED) is 0.549. The molecule has 0 aromatic carbocycles. The zero-order valence-electron chi connectivity index (χ0n) is 7.22. The highest BCUT2D eigenvalue weighted by atomic mass is 16.3. The van der Waals surface area contributed by atoms with Crippen LogP contribution >= 0.6 is 0 Å². The summed E-state index contributed by atoms with van der Waals surface area (Å²) in [5.41, 5.74) is 0.151. The Labute approximate surface area is 63.4 Å². The Bertz CT molecular complexity index is 106. The molecule has 2 atom stereocenters. The summed E-state index contributed by atoms with van der Waals surface area (Å²) >= 11 is 0. The fourth-order valence-corrected chi connectivity index (χ4v) is 1.69. The molecule has 0 heterocycles. The van der Waals surface area contributed by atoms with E-state index in [1.54, 1.807) is 0 Å². The van der Waals surface area contributed by atoms with Gasteiger partial charge in [-0.2, -0.15) is 0 Å². The van der Waals surface area contributed by atoms with E-state index in [-0.39, 0.29) is 11.5 Å². The maximum absolute atomic E-state index is 9.61. The van der Waals surface area contributed by atoms with Gasteiger partial charge in [0.25, 0.3) is 0 Å². The molecule has 1 rings (SSSR count). The Morgan fingerprint density at radius 3 is 2.30 bits per heavy atom. The van der Waals surface area contributed by atoms with E-state index in [1.807, 2.05) is 0 Å². The molecule has 0 aromatic rings. The van der Waals surface area contributed by atoms with Crippen molar-refractivity contribution in [1.82, 2.24) is 0 Å². The van der Waals surface area contributed by atoms with Crippen LogP contribution in [0.2, 0.25) is 0 Å². The number of aliphatic hydroxyl groups is 1. The first-order valence-corrected chi connectivity index (χ1v) is 4.23. The van der Waals surface area contributed by atoms with Crippen LogP contribution in [0.3, 0.4) is 0 Å². The Morgan fingerprint density at radius 2 is 1.90 bits per heavy atom. The number of rotatable bonds is 0. The Kier molecular flexibility index (Phi) is 2.04. The second-order valence-electron chi connectivity index (χ2n) is 4.17. The van der Waals surface area contributed by atoms with Crippen molar-refractivity contribution in [2.24, 2.45) is 11.3 Å². The largest absolute Gasteiger partial charge is 0.393 e. The number of aliphatic hydroxyl groups excluding tert-OH is 1. The SMILES string of the molecule is CC1CCC[C@H](O)C1(C)C. The van der Waals surface area contributed by atoms with Crippen LogP contribution in [-0.2, 0) is 0 Å². The topological polar surface area (TPSA) is 20.2 Å². The van der Waals surface area contributed by atoms with Gasteiger partial charge in [0.15, 0.2) is 0 Å². The Morgan fingerprint density at radius 1 is 1.30 bits per heavy atom. The van der Waals surface area contributed by atoms with Gasteiger partial charge in [0, 0.05) is 0 Å². The molecule has 1 fully saturated rings. The summed E-state index contributed by atoms with van der Waals surface area (Å²) < 4.78 is 0. The molecule has 60 valence electrons. The van der Waals surface area contributed by atoms with E-state index in [0.29, 0.717) is 5.92 Å². The number of hydrogen-bond acceptors (Lipinski definition) is 1. The summed E-state index contributed by atoms with van der Waals surface area (Å²) in [5.74, 6) is 0.677. The summed E-state index contributed by atoms with van der Waals surface area (Å²) in [7, 11) is 0. The minimum Gasteiger partial charge on any atom is -0.393 e. The van der Waals surface area contributed by atoms with Crippen molar-refractivity contribution in [3.05, 3.63) is 0 Å². The van der Waals surface area contributed by atoms with Gasteiger partial charge in [0.1, 0.15) is 0 Å². The van der Waals surface area contributed by atoms with Crippen LogP contribution in [0.25, 0.3) is 0 Å². The van der Waals surface area contributed by atoms with Crippen molar-refractivity contribution < 1.29 is 5.11 Å². The van der Waals surface area contributed by atoms with E-state index in [0.717, 1.165) is 6.42 Å². The Balaban J connectivity index is 2.63. The maximum atomic E-state index is 9.61. The van der Waals surface area contributed by atoms with Gasteiger partial charge in [-0.15, -0.1) is 0 Å². The molecule has 1 heteroatoms. The van der Waals surface area contributed by atoms with Crippen LogP contribution < -0.4 is 0 Å². The molecule has 0 spiro atoms. The Hall–Kier alpha value is -0.0400. The first-order valence-electron chi connectivity index (χ1n) is 4.23. The van der Waals surface area contributed by atoms with Crippen molar-refractivity contribution >= 4 is 0 Å². The molecule has 1 aliphatic rings. The first kappa shape index (κ1) is 8.06. The molecule has 0 bridgehead atoms. The molecule has 10 heavy (non-hydrogen) atoms. The van der Waals surface area contributed by atoms with Gasteiger partial charge in [0.2, 0.25) is 0 Å². The van der Waals surface area contributed by atoms with Crippen molar-refractivity contribution in [1.29, 1.82) is 0 Å². The molecule has 0 aromatic heterocycles. The predicted octanol–water partition coefficient (Wildman–Crippen LogP) is 2.19. The molecular formula is C9H18O. The molecule has 1 unspecified atom stereocenters. The zero-order valence-corrected chi connectivity index (χ0v) is 7.22. The van der Waals surface area contributed by atoms with Crippen LogP contribution in [0.1, 0.15) is 40.0 Å². The molecule has 1 N–H and O–H groups in total. The van der Waals surface area contributed by atoms with E-state index in [4.69, 9.17) is 0 Å². The van der Waals surface area contributed by atoms with Crippen molar-refractivity contribution in [3.8, 4) is 0 Å². The summed E-state index contributed by atoms with van der Waals surface area (Å²) in [6.07, 6.45) is 3.41. The van der Waals surface area contributed by atoms with E-state index in [9.17, 15) is 5.11 Å². The number of hydrogen-bond donors (Lipinski definition) is 1. The van der Waals surface area contributed by atoms with Crippen molar-refractivity contribution in [2.75, 3.05) is 0 Å². The van der Waals surface area contributed by atoms with E-state index < -0.39 is 0 Å². The molecule has 1 saturated carbocycles. The monoisotopic (exact) mass is 142 g/mol. The van der Waals surface area contributed by atoms with Crippen LogP contribution in [0.5, 0.6) is 0 Å².